The van der Waals surface area contributed by atoms with E-state index in [4.69, 9.17) is 28.3 Å². The van der Waals surface area contributed by atoms with E-state index in [0.29, 0.717) is 20.1 Å². The number of carbonyl (C=O) groups is 1. The molecule has 0 aliphatic rings. The predicted octanol–water partition coefficient (Wildman–Crippen LogP) is 4.12. The summed E-state index contributed by atoms with van der Waals surface area (Å²) < 4.78 is 1.12. The lowest BCUT2D eigenvalue weighted by Crippen LogP contribution is -2.01. The van der Waals surface area contributed by atoms with E-state index in [0.717, 1.165) is 5.56 Å². The zero-order chi connectivity index (χ0) is 12.6. The molecule has 88 valence electrons. The Hall–Kier alpha value is -1.10. The van der Waals surface area contributed by atoms with Gasteiger partial charge in [0.25, 0.3) is 0 Å². The Morgan fingerprint density at radius 3 is 2.59 bits per heavy atom. The molecular formula is C11H7Cl2NO2S. The molecule has 0 saturated carbocycles. The van der Waals surface area contributed by atoms with Crippen molar-refractivity contribution in [2.24, 2.45) is 0 Å². The second-order valence-electron chi connectivity index (χ2n) is 3.37. The number of rotatable bonds is 2. The van der Waals surface area contributed by atoms with Gasteiger partial charge in [0.05, 0.1) is 21.3 Å². The van der Waals surface area contributed by atoms with Gasteiger partial charge in [0, 0.05) is 5.56 Å². The van der Waals surface area contributed by atoms with E-state index in [1.807, 2.05) is 0 Å². The molecular weight excluding hydrogens is 281 g/mol. The van der Waals surface area contributed by atoms with Gasteiger partial charge >= 0.3 is 5.97 Å². The van der Waals surface area contributed by atoms with Gasteiger partial charge in [-0.1, -0.05) is 23.2 Å². The van der Waals surface area contributed by atoms with Gasteiger partial charge in [-0.3, -0.25) is 4.98 Å². The molecule has 0 atom stereocenters. The number of aromatic carboxylic acids is 1. The number of nitrogens with zero attached hydrogens (tertiary/aromatic N) is 1. The van der Waals surface area contributed by atoms with Crippen molar-refractivity contribution < 1.29 is 9.90 Å². The summed E-state index contributed by atoms with van der Waals surface area (Å²) >= 11 is 13.1. The molecule has 0 unspecified atom stereocenters. The van der Waals surface area contributed by atoms with Crippen LogP contribution >= 0.6 is 34.5 Å². The molecule has 0 aliphatic carbocycles. The van der Waals surface area contributed by atoms with Crippen LogP contribution in [0.3, 0.4) is 0 Å². The van der Waals surface area contributed by atoms with Crippen LogP contribution in [0.5, 0.6) is 0 Å². The van der Waals surface area contributed by atoms with Crippen LogP contribution in [0.4, 0.5) is 0 Å². The topological polar surface area (TPSA) is 50.2 Å². The monoisotopic (exact) mass is 287 g/mol. The van der Waals surface area contributed by atoms with Crippen LogP contribution in [0.15, 0.2) is 18.2 Å². The van der Waals surface area contributed by atoms with Crippen molar-refractivity contribution in [3.8, 4) is 11.3 Å². The molecule has 17 heavy (non-hydrogen) atoms. The van der Waals surface area contributed by atoms with Gasteiger partial charge in [-0.15, -0.1) is 11.3 Å². The molecule has 0 aromatic carbocycles. The molecule has 0 bridgehead atoms. The van der Waals surface area contributed by atoms with E-state index in [9.17, 15) is 4.79 Å². The fraction of sp³-hybridized carbons (Fsp3) is 0.0909. The summed E-state index contributed by atoms with van der Waals surface area (Å²) in [4.78, 5) is 15.1. The maximum atomic E-state index is 10.9. The van der Waals surface area contributed by atoms with E-state index >= 15 is 0 Å². The van der Waals surface area contributed by atoms with Crippen molar-refractivity contribution in [3.63, 3.8) is 0 Å². The minimum Gasteiger partial charge on any atom is -0.478 e. The normalized spacial score (nSPS) is 10.5. The molecule has 0 fully saturated rings. The minimum absolute atomic E-state index is 0.186. The van der Waals surface area contributed by atoms with Crippen LogP contribution in [0.1, 0.15) is 16.1 Å². The molecule has 0 spiro atoms. The summed E-state index contributed by atoms with van der Waals surface area (Å²) in [5, 5.41) is 8.90. The van der Waals surface area contributed by atoms with Gasteiger partial charge in [0.15, 0.2) is 0 Å². The van der Waals surface area contributed by atoms with E-state index in [1.165, 1.54) is 17.4 Å². The predicted molar refractivity (Wildman–Crippen MR) is 69.3 cm³/mol. The molecule has 2 heterocycles. The summed E-state index contributed by atoms with van der Waals surface area (Å²) in [5.41, 5.74) is 1.99. The Labute approximate surface area is 112 Å². The second-order valence-corrected chi connectivity index (χ2v) is 5.66. The van der Waals surface area contributed by atoms with Gasteiger partial charge in [-0.05, 0) is 25.1 Å². The molecule has 0 aliphatic heterocycles. The van der Waals surface area contributed by atoms with Crippen molar-refractivity contribution in [2.75, 3.05) is 0 Å². The van der Waals surface area contributed by atoms with Crippen LogP contribution < -0.4 is 0 Å². The Bertz CT molecular complexity index is 595. The number of carboxylic acid groups (broad SMARTS) is 1. The fourth-order valence-electron chi connectivity index (χ4n) is 1.45. The molecule has 2 rings (SSSR count). The number of pyridine rings is 1. The Morgan fingerprint density at radius 1 is 1.41 bits per heavy atom. The lowest BCUT2D eigenvalue weighted by molar-refractivity contribution is 0.0695. The highest BCUT2D eigenvalue weighted by Crippen LogP contribution is 2.37. The first-order valence-electron chi connectivity index (χ1n) is 4.65. The zero-order valence-electron chi connectivity index (χ0n) is 8.70. The third-order valence-electron chi connectivity index (χ3n) is 2.25. The van der Waals surface area contributed by atoms with Crippen molar-refractivity contribution in [1.29, 1.82) is 0 Å². The standard InChI is InChI=1S/C11H7Cl2NO2S/c1-5-6(11(15)16)2-3-8(14-5)7-4-9(12)17-10(7)13/h2-4H,1H3,(H,15,16). The Balaban J connectivity index is 2.51. The van der Waals surface area contributed by atoms with E-state index < -0.39 is 5.97 Å². The van der Waals surface area contributed by atoms with Crippen molar-refractivity contribution in [3.05, 3.63) is 38.1 Å². The van der Waals surface area contributed by atoms with Crippen LogP contribution in [-0.2, 0) is 0 Å². The maximum absolute atomic E-state index is 10.9. The first-order chi connectivity index (χ1) is 7.99. The first kappa shape index (κ1) is 12.4. The maximum Gasteiger partial charge on any atom is 0.337 e. The average molecular weight is 288 g/mol. The molecule has 2 aromatic rings. The lowest BCUT2D eigenvalue weighted by atomic mass is 10.1. The molecule has 6 heteroatoms. The van der Waals surface area contributed by atoms with Crippen molar-refractivity contribution in [2.45, 2.75) is 6.92 Å². The molecule has 2 aromatic heterocycles. The summed E-state index contributed by atoms with van der Waals surface area (Å²) in [6, 6.07) is 4.86. The Morgan fingerprint density at radius 2 is 2.12 bits per heavy atom. The SMILES string of the molecule is Cc1nc(-c2cc(Cl)sc2Cl)ccc1C(=O)O. The number of aryl methyl sites for hydroxylation is 1. The zero-order valence-corrected chi connectivity index (χ0v) is 11.0. The highest BCUT2D eigenvalue weighted by Gasteiger charge is 2.13. The second kappa shape index (κ2) is 4.64. The minimum atomic E-state index is -0.990. The van der Waals surface area contributed by atoms with E-state index in [1.54, 1.807) is 19.1 Å². The van der Waals surface area contributed by atoms with Crippen molar-refractivity contribution >= 4 is 40.5 Å². The Kier molecular flexibility index (Phi) is 3.38. The quantitative estimate of drug-likeness (QED) is 0.904. The van der Waals surface area contributed by atoms with E-state index in [2.05, 4.69) is 4.98 Å². The number of hydrogen-bond acceptors (Lipinski definition) is 3. The average Bonchev–Trinajstić information content (AvgIpc) is 2.57. The number of hydrogen-bond donors (Lipinski definition) is 1. The third-order valence-corrected chi connectivity index (χ3v) is 3.74. The highest BCUT2D eigenvalue weighted by molar-refractivity contribution is 7.20. The van der Waals surface area contributed by atoms with E-state index in [-0.39, 0.29) is 5.56 Å². The summed E-state index contributed by atoms with van der Waals surface area (Å²) in [6.45, 7) is 1.65. The van der Waals surface area contributed by atoms with Gasteiger partial charge in [-0.2, -0.15) is 0 Å². The smallest absolute Gasteiger partial charge is 0.337 e. The van der Waals surface area contributed by atoms with Gasteiger partial charge in [-0.25, -0.2) is 4.79 Å². The summed E-state index contributed by atoms with van der Waals surface area (Å²) in [6.07, 6.45) is 0. The molecule has 0 saturated heterocycles. The van der Waals surface area contributed by atoms with Crippen molar-refractivity contribution in [1.82, 2.24) is 4.98 Å². The fourth-order valence-corrected chi connectivity index (χ4v) is 2.93. The molecule has 3 nitrogen and oxygen atoms in total. The number of carboxylic acids is 1. The van der Waals surface area contributed by atoms with Crippen LogP contribution in [0.2, 0.25) is 8.67 Å². The summed E-state index contributed by atoms with van der Waals surface area (Å²) in [7, 11) is 0. The number of aromatic nitrogens is 1. The van der Waals surface area contributed by atoms with Gasteiger partial charge < -0.3 is 5.11 Å². The highest BCUT2D eigenvalue weighted by atomic mass is 35.5. The molecule has 1 N–H and O–H groups in total. The van der Waals surface area contributed by atoms with Gasteiger partial charge in [0.2, 0.25) is 0 Å². The van der Waals surface area contributed by atoms with Crippen LogP contribution in [0, 0.1) is 6.92 Å². The molecule has 0 radical (unpaired) electrons. The largest absolute Gasteiger partial charge is 0.478 e. The lowest BCUT2D eigenvalue weighted by Gasteiger charge is -2.03. The number of thiophene rings is 1. The first-order valence-corrected chi connectivity index (χ1v) is 6.22. The summed E-state index contributed by atoms with van der Waals surface area (Å²) in [5.74, 6) is -0.990. The van der Waals surface area contributed by atoms with Crippen LogP contribution in [0.25, 0.3) is 11.3 Å². The number of halogens is 2. The third kappa shape index (κ3) is 2.44. The molecule has 0 amide bonds. The van der Waals surface area contributed by atoms with Crippen LogP contribution in [-0.4, -0.2) is 16.1 Å². The van der Waals surface area contributed by atoms with Gasteiger partial charge in [0.1, 0.15) is 4.34 Å².